The second-order valence-electron chi connectivity index (χ2n) is 7.07. The molecule has 0 radical (unpaired) electrons. The monoisotopic (exact) mass is 443 g/mol. The van der Waals surface area contributed by atoms with E-state index in [-0.39, 0.29) is 44.0 Å². The first-order valence-electron chi connectivity index (χ1n) is 10.1. The number of carboxylic acids is 1. The molecule has 3 aromatic carbocycles. The van der Waals surface area contributed by atoms with E-state index in [9.17, 15) is 9.59 Å². The molecule has 0 aliphatic carbocycles. The number of hydrogen-bond acceptors (Lipinski definition) is 4. The Hall–Kier alpha value is -2.64. The Bertz CT molecular complexity index is 1010. The van der Waals surface area contributed by atoms with Crippen molar-refractivity contribution in [2.24, 2.45) is 5.73 Å². The molecular formula is C25H26NNaO5. The number of carbonyl (C=O) groups is 2. The Morgan fingerprint density at radius 1 is 0.875 bits per heavy atom. The van der Waals surface area contributed by atoms with Crippen molar-refractivity contribution in [3.8, 4) is 22.6 Å². The summed E-state index contributed by atoms with van der Waals surface area (Å²) in [4.78, 5) is 22.3. The average Bonchev–Trinajstić information content (AvgIpc) is 2.77. The first-order chi connectivity index (χ1) is 15.0. The van der Waals surface area contributed by atoms with Gasteiger partial charge in [0.1, 0.15) is 11.5 Å². The van der Waals surface area contributed by atoms with Gasteiger partial charge in [0, 0.05) is 13.0 Å². The molecule has 1 unspecified atom stereocenters. The summed E-state index contributed by atoms with van der Waals surface area (Å²) in [5.74, 6) is -0.118. The molecule has 0 bridgehead atoms. The molecule has 1 atom stereocenters. The van der Waals surface area contributed by atoms with E-state index in [2.05, 4.69) is 0 Å². The molecule has 0 aliphatic rings. The fourth-order valence-corrected chi connectivity index (χ4v) is 3.14. The SMILES string of the molecule is NC(=O)C(OCCCCC(=O)O)c1ccc(Oc2cccc(-c3ccccc3)c2)cc1.[H-].[Na+]. The summed E-state index contributed by atoms with van der Waals surface area (Å²) in [5, 5.41) is 8.67. The fourth-order valence-electron chi connectivity index (χ4n) is 3.14. The maximum atomic E-state index is 11.8. The second kappa shape index (κ2) is 13.0. The first kappa shape index (κ1) is 25.6. The summed E-state index contributed by atoms with van der Waals surface area (Å²) < 4.78 is 11.5. The summed E-state index contributed by atoms with van der Waals surface area (Å²) in [6, 6.07) is 24.8. The van der Waals surface area contributed by atoms with Crippen LogP contribution in [0.15, 0.2) is 78.9 Å². The number of carboxylic acid groups (broad SMARTS) is 1. The maximum Gasteiger partial charge on any atom is 1.00 e. The molecule has 162 valence electrons. The van der Waals surface area contributed by atoms with Gasteiger partial charge in [-0.2, -0.15) is 0 Å². The van der Waals surface area contributed by atoms with Crippen molar-refractivity contribution in [3.63, 3.8) is 0 Å². The van der Waals surface area contributed by atoms with Crippen LogP contribution in [0.3, 0.4) is 0 Å². The summed E-state index contributed by atoms with van der Waals surface area (Å²) in [6.45, 7) is 0.255. The van der Waals surface area contributed by atoms with Gasteiger partial charge in [0.2, 0.25) is 0 Å². The Morgan fingerprint density at radius 2 is 1.56 bits per heavy atom. The summed E-state index contributed by atoms with van der Waals surface area (Å²) in [6.07, 6.45) is 0.201. The minimum Gasteiger partial charge on any atom is -1.00 e. The first-order valence-corrected chi connectivity index (χ1v) is 10.1. The predicted molar refractivity (Wildman–Crippen MR) is 119 cm³/mol. The topological polar surface area (TPSA) is 98.9 Å². The molecule has 6 nitrogen and oxygen atoms in total. The molecule has 32 heavy (non-hydrogen) atoms. The van der Waals surface area contributed by atoms with Crippen LogP contribution in [0.1, 0.15) is 32.4 Å². The molecule has 0 heterocycles. The van der Waals surface area contributed by atoms with Crippen molar-refractivity contribution in [1.29, 1.82) is 0 Å². The molecule has 3 aromatic rings. The standard InChI is InChI=1S/C25H25NO5.Na.H/c26-25(29)24(30-16-5-4-11-23(27)28)19-12-14-21(15-13-19)31-22-10-6-9-20(17-22)18-7-2-1-3-8-18;;/h1-3,6-10,12-15,17,24H,4-5,11,16H2,(H2,26,29)(H,27,28);;/q;+1;-1. The number of aliphatic carboxylic acids is 1. The Balaban J connectivity index is 0.00000272. The molecule has 0 aliphatic heterocycles. The third-order valence-corrected chi connectivity index (χ3v) is 4.69. The van der Waals surface area contributed by atoms with Gasteiger partial charge in [-0.3, -0.25) is 9.59 Å². The number of unbranched alkanes of at least 4 members (excludes halogenated alkanes) is 1. The largest absolute Gasteiger partial charge is 1.00 e. The van der Waals surface area contributed by atoms with E-state index in [1.54, 1.807) is 24.3 Å². The van der Waals surface area contributed by atoms with Gasteiger partial charge >= 0.3 is 35.5 Å². The number of ether oxygens (including phenoxy) is 2. The van der Waals surface area contributed by atoms with Gasteiger partial charge in [0.05, 0.1) is 0 Å². The number of benzene rings is 3. The van der Waals surface area contributed by atoms with Crippen molar-refractivity contribution in [3.05, 3.63) is 84.4 Å². The molecule has 3 N–H and O–H groups in total. The minimum atomic E-state index is -0.889. The predicted octanol–water partition coefficient (Wildman–Crippen LogP) is 2.06. The molecule has 0 fully saturated rings. The van der Waals surface area contributed by atoms with Crippen LogP contribution < -0.4 is 40.0 Å². The van der Waals surface area contributed by atoms with Gasteiger partial charge in [0.15, 0.2) is 6.10 Å². The molecule has 1 amide bonds. The van der Waals surface area contributed by atoms with Crippen LogP contribution in [0.4, 0.5) is 0 Å². The van der Waals surface area contributed by atoms with Crippen molar-refractivity contribution in [2.75, 3.05) is 6.61 Å². The molecular weight excluding hydrogens is 417 g/mol. The Labute approximate surface area is 211 Å². The van der Waals surface area contributed by atoms with Gasteiger partial charge < -0.3 is 21.7 Å². The van der Waals surface area contributed by atoms with Gasteiger partial charge in [-0.15, -0.1) is 0 Å². The number of amides is 1. The third-order valence-electron chi connectivity index (χ3n) is 4.69. The number of primary amides is 1. The van der Waals surface area contributed by atoms with Crippen molar-refractivity contribution in [1.82, 2.24) is 0 Å². The summed E-state index contributed by atoms with van der Waals surface area (Å²) in [5.41, 5.74) is 8.26. The van der Waals surface area contributed by atoms with Crippen LogP contribution in [-0.2, 0) is 14.3 Å². The van der Waals surface area contributed by atoms with Crippen molar-refractivity contribution >= 4 is 11.9 Å². The zero-order chi connectivity index (χ0) is 22.1. The number of hydrogen-bond donors (Lipinski definition) is 2. The molecule has 0 spiro atoms. The average molecular weight is 443 g/mol. The third kappa shape index (κ3) is 7.80. The molecule has 0 saturated carbocycles. The van der Waals surface area contributed by atoms with E-state index >= 15 is 0 Å². The summed E-state index contributed by atoms with van der Waals surface area (Å²) in [7, 11) is 0. The normalized spacial score (nSPS) is 11.2. The Morgan fingerprint density at radius 3 is 2.22 bits per heavy atom. The van der Waals surface area contributed by atoms with Crippen LogP contribution >= 0.6 is 0 Å². The van der Waals surface area contributed by atoms with Gasteiger partial charge in [0.25, 0.3) is 5.91 Å². The minimum absolute atomic E-state index is 0. The van der Waals surface area contributed by atoms with Crippen LogP contribution in [0, 0.1) is 0 Å². The van der Waals surface area contributed by atoms with E-state index < -0.39 is 18.0 Å². The van der Waals surface area contributed by atoms with Crippen molar-refractivity contribution in [2.45, 2.75) is 25.4 Å². The van der Waals surface area contributed by atoms with Gasteiger partial charge in [-0.25, -0.2) is 0 Å². The molecule has 3 rings (SSSR count). The molecule has 7 heteroatoms. The summed E-state index contributed by atoms with van der Waals surface area (Å²) >= 11 is 0. The van der Waals surface area contributed by atoms with Crippen molar-refractivity contribution < 1.29 is 55.2 Å². The van der Waals surface area contributed by atoms with Crippen LogP contribution in [0.2, 0.25) is 0 Å². The number of nitrogens with two attached hydrogens (primary N) is 1. The zero-order valence-electron chi connectivity index (χ0n) is 19.1. The van der Waals surface area contributed by atoms with E-state index in [1.165, 1.54) is 0 Å². The second-order valence-corrected chi connectivity index (χ2v) is 7.07. The van der Waals surface area contributed by atoms with Gasteiger partial charge in [-0.05, 0) is 53.8 Å². The molecule has 0 aromatic heterocycles. The van der Waals surface area contributed by atoms with E-state index in [0.29, 0.717) is 29.9 Å². The number of rotatable bonds is 11. The Kier molecular flexibility index (Phi) is 10.4. The van der Waals surface area contributed by atoms with Gasteiger partial charge in [-0.1, -0.05) is 54.6 Å². The molecule has 0 saturated heterocycles. The van der Waals surface area contributed by atoms with E-state index in [4.69, 9.17) is 20.3 Å². The number of carbonyl (C=O) groups excluding carboxylic acids is 1. The fraction of sp³-hybridized carbons (Fsp3) is 0.200. The van der Waals surface area contributed by atoms with Crippen LogP contribution in [0.5, 0.6) is 11.5 Å². The zero-order valence-corrected chi connectivity index (χ0v) is 20.1. The van der Waals surface area contributed by atoms with E-state index in [1.807, 2.05) is 54.6 Å². The quantitative estimate of drug-likeness (QED) is 0.349. The van der Waals surface area contributed by atoms with Crippen LogP contribution in [0.25, 0.3) is 11.1 Å². The maximum absolute atomic E-state index is 11.8. The van der Waals surface area contributed by atoms with Crippen LogP contribution in [-0.4, -0.2) is 23.6 Å². The van der Waals surface area contributed by atoms with E-state index in [0.717, 1.165) is 11.1 Å². The smallest absolute Gasteiger partial charge is 1.00 e.